The van der Waals surface area contributed by atoms with Gasteiger partial charge in [-0.2, -0.15) is 0 Å². The van der Waals surface area contributed by atoms with Gasteiger partial charge in [-0.1, -0.05) is 41.0 Å². The Morgan fingerprint density at radius 1 is 1.14 bits per heavy atom. The first-order valence-electron chi connectivity index (χ1n) is 10.4. The smallest absolute Gasteiger partial charge is 0.338 e. The van der Waals surface area contributed by atoms with Crippen molar-refractivity contribution in [1.29, 1.82) is 0 Å². The second kappa shape index (κ2) is 10.5. The number of benzene rings is 3. The standard InChI is InChI=1S/C24H16Cl2N2O7S2/c1-35-24(30)14-6-5-13(20(9-14)28(31)32)10-22-23(29)27-19-11-15(7-8-21(19)36-22)37(33,34)12-16-17(25)3-2-4-18(16)26/h2-11H,12H2,1H3,(H,27,29). The molecule has 13 heteroatoms. The molecular formula is C24H16Cl2N2O7S2. The Morgan fingerprint density at radius 3 is 2.49 bits per heavy atom. The molecule has 0 spiro atoms. The third-order valence-corrected chi connectivity index (χ3v) is 8.78. The van der Waals surface area contributed by atoms with Crippen molar-refractivity contribution >= 4 is 74.1 Å². The Balaban J connectivity index is 1.64. The van der Waals surface area contributed by atoms with Gasteiger partial charge in [-0.25, -0.2) is 13.2 Å². The molecule has 9 nitrogen and oxygen atoms in total. The Labute approximate surface area is 225 Å². The van der Waals surface area contributed by atoms with Crippen LogP contribution >= 0.6 is 35.0 Å². The number of esters is 1. The van der Waals surface area contributed by atoms with Crippen molar-refractivity contribution in [2.24, 2.45) is 0 Å². The fraction of sp³-hybridized carbons (Fsp3) is 0.0833. The van der Waals surface area contributed by atoms with Crippen LogP contribution < -0.4 is 5.32 Å². The average Bonchev–Trinajstić information content (AvgIpc) is 2.86. The van der Waals surface area contributed by atoms with E-state index in [1.165, 1.54) is 36.4 Å². The van der Waals surface area contributed by atoms with E-state index in [9.17, 15) is 28.1 Å². The van der Waals surface area contributed by atoms with Gasteiger partial charge in [0.15, 0.2) is 9.84 Å². The van der Waals surface area contributed by atoms with Crippen LogP contribution in [0.1, 0.15) is 21.5 Å². The molecule has 0 aliphatic carbocycles. The molecule has 0 aromatic heterocycles. The number of nitro benzene ring substituents is 1. The zero-order chi connectivity index (χ0) is 26.9. The summed E-state index contributed by atoms with van der Waals surface area (Å²) in [5, 5.41) is 14.6. The summed E-state index contributed by atoms with van der Waals surface area (Å²) >= 11 is 13.3. The molecule has 1 heterocycles. The highest BCUT2D eigenvalue weighted by Gasteiger charge is 2.26. The SMILES string of the molecule is COC(=O)c1ccc(C=C2Sc3ccc(S(=O)(=O)Cc4c(Cl)cccc4Cl)cc3NC2=O)c([N+](=O)[O-])c1. The van der Waals surface area contributed by atoms with Crippen LogP contribution in [-0.2, 0) is 25.1 Å². The highest BCUT2D eigenvalue weighted by Crippen LogP contribution is 2.41. The Bertz CT molecular complexity index is 1580. The van der Waals surface area contributed by atoms with E-state index in [1.54, 1.807) is 18.2 Å². The number of halogens is 2. The molecule has 190 valence electrons. The van der Waals surface area contributed by atoms with Gasteiger partial charge in [0.2, 0.25) is 0 Å². The maximum Gasteiger partial charge on any atom is 0.338 e. The van der Waals surface area contributed by atoms with E-state index in [2.05, 4.69) is 10.1 Å². The van der Waals surface area contributed by atoms with Gasteiger partial charge < -0.3 is 10.1 Å². The number of amides is 1. The number of hydrogen-bond acceptors (Lipinski definition) is 8. The number of carbonyl (C=O) groups excluding carboxylic acids is 2. The summed E-state index contributed by atoms with van der Waals surface area (Å²) in [5.41, 5.74) is 0.263. The summed E-state index contributed by atoms with van der Waals surface area (Å²) < 4.78 is 30.7. The van der Waals surface area contributed by atoms with Crippen LogP contribution in [0.4, 0.5) is 11.4 Å². The van der Waals surface area contributed by atoms with E-state index in [4.69, 9.17) is 23.2 Å². The predicted octanol–water partition coefficient (Wildman–Crippen LogP) is 5.75. The average molecular weight is 579 g/mol. The monoisotopic (exact) mass is 578 g/mol. The van der Waals surface area contributed by atoms with Crippen molar-refractivity contribution in [1.82, 2.24) is 0 Å². The lowest BCUT2D eigenvalue weighted by Crippen LogP contribution is -2.18. The number of nitro groups is 1. The van der Waals surface area contributed by atoms with Crippen molar-refractivity contribution in [3.8, 4) is 0 Å². The molecule has 0 fully saturated rings. The lowest BCUT2D eigenvalue weighted by Gasteiger charge is -2.19. The fourth-order valence-electron chi connectivity index (χ4n) is 3.49. The maximum absolute atomic E-state index is 13.0. The van der Waals surface area contributed by atoms with Gasteiger partial charge in [0, 0.05) is 26.6 Å². The normalized spacial score (nSPS) is 14.1. The second-order valence-corrected chi connectivity index (χ2v) is 11.6. The largest absolute Gasteiger partial charge is 0.465 e. The van der Waals surface area contributed by atoms with Gasteiger partial charge in [0.25, 0.3) is 11.6 Å². The number of nitrogens with zero attached hydrogens (tertiary/aromatic N) is 1. The number of hydrogen-bond donors (Lipinski definition) is 1. The number of thioether (sulfide) groups is 1. The van der Waals surface area contributed by atoms with Gasteiger partial charge in [-0.3, -0.25) is 14.9 Å². The van der Waals surface area contributed by atoms with Crippen LogP contribution in [0.15, 0.2) is 69.3 Å². The van der Waals surface area contributed by atoms with Gasteiger partial charge >= 0.3 is 5.97 Å². The molecule has 1 aliphatic heterocycles. The minimum absolute atomic E-state index is 0.00531. The third-order valence-electron chi connectivity index (χ3n) is 5.33. The minimum Gasteiger partial charge on any atom is -0.465 e. The van der Waals surface area contributed by atoms with E-state index in [1.807, 2.05) is 0 Å². The van der Waals surface area contributed by atoms with E-state index < -0.39 is 32.4 Å². The first kappa shape index (κ1) is 26.7. The van der Waals surface area contributed by atoms with Gasteiger partial charge in [-0.15, -0.1) is 0 Å². The molecule has 0 bridgehead atoms. The van der Waals surface area contributed by atoms with E-state index in [0.29, 0.717) is 4.90 Å². The van der Waals surface area contributed by atoms with Crippen molar-refractivity contribution in [3.05, 3.63) is 96.4 Å². The number of methoxy groups -OCH3 is 1. The molecule has 1 amide bonds. The molecule has 1 aliphatic rings. The van der Waals surface area contributed by atoms with Crippen molar-refractivity contribution in [2.45, 2.75) is 15.5 Å². The predicted molar refractivity (Wildman–Crippen MR) is 141 cm³/mol. The quantitative estimate of drug-likeness (QED) is 0.169. The van der Waals surface area contributed by atoms with Crippen molar-refractivity contribution in [2.75, 3.05) is 12.4 Å². The molecule has 0 radical (unpaired) electrons. The van der Waals surface area contributed by atoms with Crippen LogP contribution in [-0.4, -0.2) is 32.3 Å². The van der Waals surface area contributed by atoms with Gasteiger partial charge in [0.05, 0.1) is 44.4 Å². The first-order chi connectivity index (χ1) is 17.5. The van der Waals surface area contributed by atoms with Crippen LogP contribution in [0.3, 0.4) is 0 Å². The number of anilines is 1. The number of sulfone groups is 1. The number of carbonyl (C=O) groups is 2. The molecule has 3 aromatic rings. The molecule has 3 aromatic carbocycles. The van der Waals surface area contributed by atoms with Crippen molar-refractivity contribution in [3.63, 3.8) is 0 Å². The number of ether oxygens (including phenoxy) is 1. The fourth-order valence-corrected chi connectivity index (χ4v) is 6.53. The van der Waals surface area contributed by atoms with Gasteiger partial charge in [-0.05, 0) is 48.5 Å². The molecule has 1 N–H and O–H groups in total. The van der Waals surface area contributed by atoms with Crippen LogP contribution in [0.5, 0.6) is 0 Å². The summed E-state index contributed by atoms with van der Waals surface area (Å²) in [6.45, 7) is 0. The van der Waals surface area contributed by atoms with Gasteiger partial charge in [0.1, 0.15) is 0 Å². The Hall–Kier alpha value is -3.38. The molecule has 0 saturated heterocycles. The Morgan fingerprint density at radius 2 is 1.84 bits per heavy atom. The number of rotatable bonds is 6. The van der Waals surface area contributed by atoms with E-state index in [0.717, 1.165) is 24.9 Å². The number of fused-ring (bicyclic) bond motifs is 1. The minimum atomic E-state index is -3.86. The zero-order valence-corrected chi connectivity index (χ0v) is 22.0. The third kappa shape index (κ3) is 5.64. The van der Waals surface area contributed by atoms with Crippen molar-refractivity contribution < 1.29 is 27.7 Å². The summed E-state index contributed by atoms with van der Waals surface area (Å²) in [4.78, 5) is 36.0. The lowest BCUT2D eigenvalue weighted by atomic mass is 10.1. The van der Waals surface area contributed by atoms with Crippen LogP contribution in [0, 0.1) is 10.1 Å². The first-order valence-corrected chi connectivity index (χ1v) is 13.6. The highest BCUT2D eigenvalue weighted by molar-refractivity contribution is 8.04. The molecule has 4 rings (SSSR count). The highest BCUT2D eigenvalue weighted by atomic mass is 35.5. The Kier molecular flexibility index (Phi) is 7.60. The van der Waals surface area contributed by atoms with Crippen LogP contribution in [0.25, 0.3) is 6.08 Å². The summed E-state index contributed by atoms with van der Waals surface area (Å²) in [6, 6.07) is 12.7. The summed E-state index contributed by atoms with van der Waals surface area (Å²) in [7, 11) is -2.70. The molecule has 37 heavy (non-hydrogen) atoms. The summed E-state index contributed by atoms with van der Waals surface area (Å²) in [6.07, 6.45) is 1.33. The maximum atomic E-state index is 13.0. The molecule has 0 atom stereocenters. The second-order valence-electron chi connectivity index (χ2n) is 7.70. The number of nitrogens with one attached hydrogen (secondary N) is 1. The van der Waals surface area contributed by atoms with E-state index in [-0.39, 0.29) is 47.9 Å². The summed E-state index contributed by atoms with van der Waals surface area (Å²) in [5.74, 6) is -1.74. The van der Waals surface area contributed by atoms with Crippen LogP contribution in [0.2, 0.25) is 10.0 Å². The topological polar surface area (TPSA) is 133 Å². The molecule has 0 saturated carbocycles. The lowest BCUT2D eigenvalue weighted by molar-refractivity contribution is -0.385. The molecule has 0 unspecified atom stereocenters. The van der Waals surface area contributed by atoms with E-state index >= 15 is 0 Å². The zero-order valence-electron chi connectivity index (χ0n) is 18.9. The molecular weight excluding hydrogens is 563 g/mol.